The second-order valence-corrected chi connectivity index (χ2v) is 6.53. The zero-order valence-electron chi connectivity index (χ0n) is 13.9. The molecule has 2 aromatic rings. The van der Waals surface area contributed by atoms with E-state index in [1.165, 1.54) is 18.2 Å². The summed E-state index contributed by atoms with van der Waals surface area (Å²) in [6.07, 6.45) is 0. The van der Waals surface area contributed by atoms with E-state index in [0.717, 1.165) is 11.3 Å². The molecule has 6 heteroatoms. The number of anilines is 1. The van der Waals surface area contributed by atoms with Crippen molar-refractivity contribution in [3.63, 3.8) is 0 Å². The van der Waals surface area contributed by atoms with E-state index in [2.05, 4.69) is 15.9 Å². The number of rotatable bonds is 6. The number of hydrogen-bond acceptors (Lipinski definition) is 3. The van der Waals surface area contributed by atoms with Gasteiger partial charge in [-0.25, -0.2) is 4.39 Å². The Morgan fingerprint density at radius 2 is 1.79 bits per heavy atom. The highest BCUT2D eigenvalue weighted by molar-refractivity contribution is 9.10. The third kappa shape index (κ3) is 4.96. The Labute approximate surface area is 150 Å². The van der Waals surface area contributed by atoms with Gasteiger partial charge in [-0.1, -0.05) is 12.1 Å². The van der Waals surface area contributed by atoms with Crippen LogP contribution in [0.1, 0.15) is 5.56 Å². The average molecular weight is 395 g/mol. The highest BCUT2D eigenvalue weighted by Crippen LogP contribution is 2.25. The Bertz CT molecular complexity index is 705. The fourth-order valence-corrected chi connectivity index (χ4v) is 2.57. The molecule has 2 rings (SSSR count). The van der Waals surface area contributed by atoms with Crippen molar-refractivity contribution in [3.05, 3.63) is 58.3 Å². The van der Waals surface area contributed by atoms with E-state index in [1.54, 1.807) is 11.9 Å². The van der Waals surface area contributed by atoms with E-state index in [-0.39, 0.29) is 18.3 Å². The number of carbonyl (C=O) groups excluding carboxylic acids is 1. The maximum absolute atomic E-state index is 13.0. The molecule has 0 aliphatic rings. The summed E-state index contributed by atoms with van der Waals surface area (Å²) in [6, 6.07) is 12.1. The molecule has 0 unspecified atom stereocenters. The Morgan fingerprint density at radius 1 is 1.12 bits per heavy atom. The van der Waals surface area contributed by atoms with Crippen LogP contribution in [0.3, 0.4) is 0 Å². The molecule has 24 heavy (non-hydrogen) atoms. The Kier molecular flexibility index (Phi) is 6.20. The van der Waals surface area contributed by atoms with Crippen LogP contribution in [-0.2, 0) is 11.3 Å². The van der Waals surface area contributed by atoms with Crippen molar-refractivity contribution in [2.75, 3.05) is 32.6 Å². The minimum Gasteiger partial charge on any atom is -0.483 e. The second kappa shape index (κ2) is 8.15. The maximum atomic E-state index is 13.0. The van der Waals surface area contributed by atoms with Crippen LogP contribution in [0.2, 0.25) is 0 Å². The number of amides is 1. The summed E-state index contributed by atoms with van der Waals surface area (Å²) in [5.41, 5.74) is 2.15. The first-order valence-corrected chi connectivity index (χ1v) is 8.24. The first kappa shape index (κ1) is 18.3. The predicted molar refractivity (Wildman–Crippen MR) is 96.8 cm³/mol. The number of carbonyl (C=O) groups is 1. The van der Waals surface area contributed by atoms with Gasteiger partial charge in [0.15, 0.2) is 6.61 Å². The monoisotopic (exact) mass is 394 g/mol. The van der Waals surface area contributed by atoms with Gasteiger partial charge in [0.05, 0.1) is 4.47 Å². The molecule has 4 nitrogen and oxygen atoms in total. The molecule has 0 atom stereocenters. The molecule has 2 aromatic carbocycles. The highest BCUT2D eigenvalue weighted by atomic mass is 79.9. The van der Waals surface area contributed by atoms with E-state index < -0.39 is 0 Å². The van der Waals surface area contributed by atoms with Crippen LogP contribution in [0.25, 0.3) is 0 Å². The average Bonchev–Trinajstić information content (AvgIpc) is 2.54. The molecule has 0 heterocycles. The minimum absolute atomic E-state index is 0.101. The van der Waals surface area contributed by atoms with Gasteiger partial charge < -0.3 is 14.5 Å². The van der Waals surface area contributed by atoms with Crippen molar-refractivity contribution in [2.45, 2.75) is 6.54 Å². The zero-order valence-corrected chi connectivity index (χ0v) is 15.5. The molecule has 0 saturated carbocycles. The maximum Gasteiger partial charge on any atom is 0.260 e. The fraction of sp³-hybridized carbons (Fsp3) is 0.278. The van der Waals surface area contributed by atoms with Crippen LogP contribution >= 0.6 is 15.9 Å². The number of likely N-dealkylation sites (N-methyl/N-ethyl adjacent to an activating group) is 1. The fourth-order valence-electron chi connectivity index (χ4n) is 2.10. The lowest BCUT2D eigenvalue weighted by Gasteiger charge is -2.19. The van der Waals surface area contributed by atoms with Crippen molar-refractivity contribution in [1.29, 1.82) is 0 Å². The van der Waals surface area contributed by atoms with Gasteiger partial charge in [-0.05, 0) is 51.8 Å². The van der Waals surface area contributed by atoms with Crippen molar-refractivity contribution >= 4 is 27.5 Å². The van der Waals surface area contributed by atoms with Crippen LogP contribution in [0.15, 0.2) is 46.9 Å². The van der Waals surface area contributed by atoms with Gasteiger partial charge >= 0.3 is 0 Å². The van der Waals surface area contributed by atoms with Crippen LogP contribution in [0.4, 0.5) is 10.1 Å². The number of ether oxygens (including phenoxy) is 1. The largest absolute Gasteiger partial charge is 0.483 e. The summed E-state index contributed by atoms with van der Waals surface area (Å²) in [4.78, 5) is 15.8. The molecule has 128 valence electrons. The molecule has 1 amide bonds. The van der Waals surface area contributed by atoms with Gasteiger partial charge in [-0.3, -0.25) is 4.79 Å². The highest BCUT2D eigenvalue weighted by Gasteiger charge is 2.12. The number of hydrogen-bond donors (Lipinski definition) is 0. The Morgan fingerprint density at radius 3 is 2.38 bits per heavy atom. The van der Waals surface area contributed by atoms with Crippen molar-refractivity contribution in [2.24, 2.45) is 0 Å². The zero-order chi connectivity index (χ0) is 17.7. The molecule has 0 saturated heterocycles. The van der Waals surface area contributed by atoms with Crippen LogP contribution in [0, 0.1) is 5.82 Å². The summed E-state index contributed by atoms with van der Waals surface area (Å²) >= 11 is 3.21. The van der Waals surface area contributed by atoms with Crippen molar-refractivity contribution in [1.82, 2.24) is 4.90 Å². The number of nitrogens with zero attached hydrogens (tertiary/aromatic N) is 2. The third-order valence-corrected chi connectivity index (χ3v) is 4.16. The molecular weight excluding hydrogens is 375 g/mol. The first-order valence-electron chi connectivity index (χ1n) is 7.45. The van der Waals surface area contributed by atoms with Gasteiger partial charge in [-0.2, -0.15) is 0 Å². The van der Waals surface area contributed by atoms with Gasteiger partial charge in [0.25, 0.3) is 5.91 Å². The van der Waals surface area contributed by atoms with Crippen LogP contribution in [-0.4, -0.2) is 38.6 Å². The van der Waals surface area contributed by atoms with E-state index >= 15 is 0 Å². The molecule has 0 aromatic heterocycles. The Hall–Kier alpha value is -2.08. The van der Waals surface area contributed by atoms with Gasteiger partial charge in [0.1, 0.15) is 11.6 Å². The predicted octanol–water partition coefficient (Wildman–Crippen LogP) is 3.69. The molecule has 0 bridgehead atoms. The lowest BCUT2D eigenvalue weighted by atomic mass is 10.2. The Balaban J connectivity index is 1.89. The van der Waals surface area contributed by atoms with Gasteiger partial charge in [0, 0.05) is 33.4 Å². The molecule has 0 N–H and O–H groups in total. The molecular formula is C18H20BrFN2O2. The molecule has 0 fully saturated rings. The van der Waals surface area contributed by atoms with E-state index in [1.807, 2.05) is 43.3 Å². The standard InChI is InChI=1S/C18H20BrFN2O2/c1-21(2)15-7-4-13(5-8-15)11-22(3)18(23)12-24-17-9-6-14(20)10-16(17)19/h4-10H,11-12H2,1-3H3. The lowest BCUT2D eigenvalue weighted by Crippen LogP contribution is -2.31. The molecule has 0 radical (unpaired) electrons. The molecule has 0 aliphatic carbocycles. The SMILES string of the molecule is CN(Cc1ccc(N(C)C)cc1)C(=O)COc1ccc(F)cc1Br. The minimum atomic E-state index is -0.362. The van der Waals surface area contributed by atoms with E-state index in [9.17, 15) is 9.18 Å². The third-order valence-electron chi connectivity index (χ3n) is 3.54. The van der Waals surface area contributed by atoms with E-state index in [4.69, 9.17) is 4.74 Å². The molecule has 0 aliphatic heterocycles. The summed E-state index contributed by atoms with van der Waals surface area (Å²) in [6.45, 7) is 0.400. The normalized spacial score (nSPS) is 10.4. The van der Waals surface area contributed by atoms with Crippen LogP contribution < -0.4 is 9.64 Å². The smallest absolute Gasteiger partial charge is 0.260 e. The topological polar surface area (TPSA) is 32.8 Å². The van der Waals surface area contributed by atoms with E-state index in [0.29, 0.717) is 16.8 Å². The summed E-state index contributed by atoms with van der Waals surface area (Å²) in [5.74, 6) is -0.0739. The van der Waals surface area contributed by atoms with Gasteiger partial charge in [0.2, 0.25) is 0 Å². The number of halogens is 2. The molecule has 0 spiro atoms. The summed E-state index contributed by atoms with van der Waals surface area (Å²) in [5, 5.41) is 0. The second-order valence-electron chi connectivity index (χ2n) is 5.67. The summed E-state index contributed by atoms with van der Waals surface area (Å²) < 4.78 is 19.0. The lowest BCUT2D eigenvalue weighted by molar-refractivity contribution is -0.132. The van der Waals surface area contributed by atoms with Gasteiger partial charge in [-0.15, -0.1) is 0 Å². The quantitative estimate of drug-likeness (QED) is 0.748. The van der Waals surface area contributed by atoms with Crippen molar-refractivity contribution < 1.29 is 13.9 Å². The van der Waals surface area contributed by atoms with Crippen molar-refractivity contribution in [3.8, 4) is 5.75 Å². The van der Waals surface area contributed by atoms with Crippen LogP contribution in [0.5, 0.6) is 5.75 Å². The first-order chi connectivity index (χ1) is 11.4. The number of benzene rings is 2. The summed E-state index contributed by atoms with van der Waals surface area (Å²) in [7, 11) is 5.69.